The molecule has 1 aromatic carbocycles. The lowest BCUT2D eigenvalue weighted by Gasteiger charge is -2.32. The Morgan fingerprint density at radius 2 is 1.59 bits per heavy atom. The number of halogens is 1. The van der Waals surface area contributed by atoms with Crippen molar-refractivity contribution in [2.75, 3.05) is 14.2 Å². The number of rotatable bonds is 11. The van der Waals surface area contributed by atoms with Gasteiger partial charge in [-0.3, -0.25) is 0 Å². The van der Waals surface area contributed by atoms with Crippen molar-refractivity contribution in [3.63, 3.8) is 0 Å². The molecule has 0 N–H and O–H groups in total. The summed E-state index contributed by atoms with van der Waals surface area (Å²) in [7, 11) is 3.80. The van der Waals surface area contributed by atoms with Gasteiger partial charge in [0.15, 0.2) is 0 Å². The van der Waals surface area contributed by atoms with E-state index in [1.54, 1.807) is 13.2 Å². The zero-order chi connectivity index (χ0) is 24.9. The third-order valence-electron chi connectivity index (χ3n) is 5.27. The molecule has 0 aliphatic heterocycles. The third-order valence-corrected chi connectivity index (χ3v) is 5.79. The van der Waals surface area contributed by atoms with Crippen LogP contribution >= 0.6 is 15.9 Å². The first-order valence-electron chi connectivity index (χ1n) is 11.9. The molecular weight excluding hydrogens is 458 g/mol. The van der Waals surface area contributed by atoms with E-state index in [1.165, 1.54) is 31.3 Å². The second kappa shape index (κ2) is 21.1. The van der Waals surface area contributed by atoms with Gasteiger partial charge in [0.05, 0.1) is 7.11 Å². The number of hydrogen-bond acceptors (Lipinski definition) is 2. The molecule has 0 aromatic heterocycles. The van der Waals surface area contributed by atoms with Crippen molar-refractivity contribution in [3.05, 3.63) is 77.5 Å². The number of nitrogens with zero attached hydrogens (tertiary/aromatic N) is 1. The van der Waals surface area contributed by atoms with Gasteiger partial charge in [-0.1, -0.05) is 107 Å². The second-order valence-electron chi connectivity index (χ2n) is 8.12. The summed E-state index contributed by atoms with van der Waals surface area (Å²) in [6.07, 6.45) is 14.1. The number of hydrogen-bond donors (Lipinski definition) is 0. The van der Waals surface area contributed by atoms with E-state index < -0.39 is 0 Å². The van der Waals surface area contributed by atoms with Crippen LogP contribution in [0, 0.1) is 5.92 Å². The normalized spacial score (nSPS) is 11.8. The quantitative estimate of drug-likeness (QED) is 0.277. The van der Waals surface area contributed by atoms with Crippen LogP contribution in [0.4, 0.5) is 0 Å². The van der Waals surface area contributed by atoms with E-state index in [0.717, 1.165) is 22.3 Å². The molecule has 32 heavy (non-hydrogen) atoms. The summed E-state index contributed by atoms with van der Waals surface area (Å²) >= 11 is 3.32. The minimum Gasteiger partial charge on any atom is -0.497 e. The molecule has 182 valence electrons. The first kappa shape index (κ1) is 32.4. The number of likely N-dealkylation sites (N-methyl/N-ethyl adjacent to an activating group) is 1. The van der Waals surface area contributed by atoms with Gasteiger partial charge in [-0.05, 0) is 55.5 Å². The Hall–Kier alpha value is -1.74. The van der Waals surface area contributed by atoms with Gasteiger partial charge >= 0.3 is 0 Å². The Bertz CT molecular complexity index is 656. The van der Waals surface area contributed by atoms with Crippen LogP contribution in [0.25, 0.3) is 0 Å². The standard InChI is InChI=1S/C18H31N.C7H7BrO.C4H10/c1-8-10-12-14-18(13-11-9-2)17(6)19(7)16(5)15(3)4;1-9-7-4-2-6(8)3-5-7;1-3-4-2/h8,10,12,14-16H,1,6,9,11,13H2,2-5,7H3;2-5H,1H3;3-4H2,1-2H3/b12-10-,18-14+;;. The molecule has 0 aliphatic rings. The molecule has 0 heterocycles. The lowest BCUT2D eigenvalue weighted by atomic mass is 10.0. The number of allylic oxidation sites excluding steroid dienone is 5. The SMILES string of the molecule is C=C/C=C\C=C(/CCCC)C(=C)N(C)C(C)C(C)C.CCCC.COc1ccc(Br)cc1. The Labute approximate surface area is 208 Å². The average molecular weight is 507 g/mol. The van der Waals surface area contributed by atoms with Gasteiger partial charge in [0.2, 0.25) is 0 Å². The summed E-state index contributed by atoms with van der Waals surface area (Å²) in [5.41, 5.74) is 2.47. The van der Waals surface area contributed by atoms with Gasteiger partial charge in [-0.25, -0.2) is 0 Å². The highest BCUT2D eigenvalue weighted by molar-refractivity contribution is 9.10. The highest BCUT2D eigenvalue weighted by Gasteiger charge is 2.16. The van der Waals surface area contributed by atoms with Crippen LogP contribution in [-0.2, 0) is 0 Å². The van der Waals surface area contributed by atoms with Crippen LogP contribution in [0.15, 0.2) is 77.5 Å². The summed E-state index contributed by atoms with van der Waals surface area (Å²) in [6.45, 7) is 21.3. The van der Waals surface area contributed by atoms with Crippen molar-refractivity contribution >= 4 is 15.9 Å². The zero-order valence-electron chi connectivity index (χ0n) is 22.0. The van der Waals surface area contributed by atoms with E-state index in [9.17, 15) is 0 Å². The Morgan fingerprint density at radius 3 is 2.00 bits per heavy atom. The molecule has 3 heteroatoms. The van der Waals surface area contributed by atoms with Crippen molar-refractivity contribution in [3.8, 4) is 5.75 Å². The minimum absolute atomic E-state index is 0.501. The number of methoxy groups -OCH3 is 1. The molecule has 0 spiro atoms. The summed E-state index contributed by atoms with van der Waals surface area (Å²) < 4.78 is 6.02. The van der Waals surface area contributed by atoms with Crippen LogP contribution in [0.5, 0.6) is 5.75 Å². The largest absolute Gasteiger partial charge is 0.497 e. The molecule has 1 atom stereocenters. The third kappa shape index (κ3) is 16.0. The van der Waals surface area contributed by atoms with E-state index in [-0.39, 0.29) is 0 Å². The molecule has 0 amide bonds. The van der Waals surface area contributed by atoms with Crippen molar-refractivity contribution in [2.45, 2.75) is 79.7 Å². The lowest BCUT2D eigenvalue weighted by Crippen LogP contribution is -2.32. The van der Waals surface area contributed by atoms with Crippen molar-refractivity contribution in [2.24, 2.45) is 5.92 Å². The van der Waals surface area contributed by atoms with E-state index in [1.807, 2.05) is 30.3 Å². The number of benzene rings is 1. The highest BCUT2D eigenvalue weighted by atomic mass is 79.9. The Balaban J connectivity index is 0. The van der Waals surface area contributed by atoms with E-state index in [0.29, 0.717) is 12.0 Å². The molecule has 1 rings (SSSR count). The zero-order valence-corrected chi connectivity index (χ0v) is 23.5. The van der Waals surface area contributed by atoms with Gasteiger partial charge in [0.1, 0.15) is 5.75 Å². The van der Waals surface area contributed by atoms with E-state index >= 15 is 0 Å². The van der Waals surface area contributed by atoms with Gasteiger partial charge in [0, 0.05) is 23.3 Å². The van der Waals surface area contributed by atoms with Crippen molar-refractivity contribution < 1.29 is 4.74 Å². The monoisotopic (exact) mass is 505 g/mol. The van der Waals surface area contributed by atoms with Gasteiger partial charge in [-0.15, -0.1) is 0 Å². The first-order chi connectivity index (χ1) is 15.2. The maximum Gasteiger partial charge on any atom is 0.118 e. The fourth-order valence-corrected chi connectivity index (χ4v) is 2.70. The summed E-state index contributed by atoms with van der Waals surface area (Å²) in [4.78, 5) is 2.30. The molecule has 0 saturated heterocycles. The van der Waals surface area contributed by atoms with E-state index in [2.05, 4.69) is 94.7 Å². The Kier molecular flexibility index (Phi) is 21.4. The molecule has 1 unspecified atom stereocenters. The number of ether oxygens (including phenoxy) is 1. The molecule has 2 nitrogen and oxygen atoms in total. The van der Waals surface area contributed by atoms with Crippen LogP contribution in [0.2, 0.25) is 0 Å². The van der Waals surface area contributed by atoms with Crippen LogP contribution in [-0.4, -0.2) is 25.1 Å². The van der Waals surface area contributed by atoms with Crippen LogP contribution < -0.4 is 4.74 Å². The lowest BCUT2D eigenvalue weighted by molar-refractivity contribution is 0.262. The summed E-state index contributed by atoms with van der Waals surface area (Å²) in [5.74, 6) is 1.51. The molecule has 0 saturated carbocycles. The average Bonchev–Trinajstić information content (AvgIpc) is 2.80. The summed E-state index contributed by atoms with van der Waals surface area (Å²) in [6, 6.07) is 8.20. The van der Waals surface area contributed by atoms with Gasteiger partial charge in [-0.2, -0.15) is 0 Å². The molecular formula is C29H48BrNO. The van der Waals surface area contributed by atoms with Gasteiger partial charge < -0.3 is 9.64 Å². The minimum atomic E-state index is 0.501. The maximum absolute atomic E-state index is 4.95. The maximum atomic E-state index is 4.95. The second-order valence-corrected chi connectivity index (χ2v) is 9.03. The first-order valence-corrected chi connectivity index (χ1v) is 12.7. The van der Waals surface area contributed by atoms with E-state index in [4.69, 9.17) is 4.74 Å². The smallest absolute Gasteiger partial charge is 0.118 e. The van der Waals surface area contributed by atoms with Crippen LogP contribution in [0.1, 0.15) is 73.6 Å². The predicted molar refractivity (Wildman–Crippen MR) is 149 cm³/mol. The fraction of sp³-hybridized carbons (Fsp3) is 0.517. The molecule has 1 aromatic rings. The topological polar surface area (TPSA) is 12.5 Å². The molecule has 0 aliphatic carbocycles. The van der Waals surface area contributed by atoms with Crippen molar-refractivity contribution in [1.82, 2.24) is 4.90 Å². The van der Waals surface area contributed by atoms with Crippen molar-refractivity contribution in [1.29, 1.82) is 0 Å². The molecule has 0 fully saturated rings. The number of unbranched alkanes of at least 4 members (excludes halogenated alkanes) is 2. The predicted octanol–water partition coefficient (Wildman–Crippen LogP) is 9.60. The molecule has 0 bridgehead atoms. The Morgan fingerprint density at radius 1 is 1.03 bits per heavy atom. The van der Waals surface area contributed by atoms with Crippen LogP contribution in [0.3, 0.4) is 0 Å². The van der Waals surface area contributed by atoms with Gasteiger partial charge in [0.25, 0.3) is 0 Å². The molecule has 0 radical (unpaired) electrons. The highest BCUT2D eigenvalue weighted by Crippen LogP contribution is 2.23. The fourth-order valence-electron chi connectivity index (χ4n) is 2.43. The summed E-state index contributed by atoms with van der Waals surface area (Å²) in [5, 5.41) is 0.